The number of esters is 3. The summed E-state index contributed by atoms with van der Waals surface area (Å²) in [7, 11) is 1.06. The maximum atomic E-state index is 13.8. The van der Waals surface area contributed by atoms with Gasteiger partial charge < -0.3 is 59.1 Å². The number of Topliss-reactive ketones (excluding diaryl/α,β-unsaturated/α-hetero) is 1. The van der Waals surface area contributed by atoms with Crippen LogP contribution in [0.25, 0.3) is 0 Å². The number of rotatable bonds is 7. The van der Waals surface area contributed by atoms with Crippen molar-refractivity contribution < 1.29 is 78.2 Å². The third kappa shape index (κ3) is 4.94. The van der Waals surface area contributed by atoms with Crippen LogP contribution in [0, 0.1) is 40.4 Å². The summed E-state index contributed by atoms with van der Waals surface area (Å²) in [5.74, 6) is -7.88. The molecule has 0 radical (unpaired) electrons. The Morgan fingerprint density at radius 2 is 1.74 bits per heavy atom. The van der Waals surface area contributed by atoms with Crippen molar-refractivity contribution in [3.05, 3.63) is 23.5 Å². The Labute approximate surface area is 287 Å². The number of hydrogen-bond donors (Lipinski definition) is 6. The molecule has 3 aliphatic heterocycles. The minimum Gasteiger partial charge on any atom is -0.467 e. The molecular weight excluding hydrogens is 664 g/mol. The van der Waals surface area contributed by atoms with Crippen molar-refractivity contribution in [3.8, 4) is 0 Å². The Bertz CT molecular complexity index is 1490. The summed E-state index contributed by atoms with van der Waals surface area (Å²) in [4.78, 5) is 54.5. The second kappa shape index (κ2) is 12.6. The van der Waals surface area contributed by atoms with Crippen molar-refractivity contribution in [1.82, 2.24) is 0 Å². The summed E-state index contributed by atoms with van der Waals surface area (Å²) < 4.78 is 34.4. The second-order valence-corrected chi connectivity index (χ2v) is 15.1. The van der Waals surface area contributed by atoms with E-state index in [2.05, 4.69) is 0 Å². The number of fused-ring (bicyclic) bond motifs is 2. The molecule has 278 valence electrons. The van der Waals surface area contributed by atoms with Gasteiger partial charge in [0.1, 0.15) is 36.6 Å². The highest BCUT2D eigenvalue weighted by Crippen LogP contribution is 2.72. The van der Waals surface area contributed by atoms with E-state index in [-0.39, 0.29) is 24.7 Å². The first kappa shape index (κ1) is 36.8. The molecule has 3 heterocycles. The van der Waals surface area contributed by atoms with E-state index in [0.717, 1.165) is 7.11 Å². The van der Waals surface area contributed by atoms with Gasteiger partial charge in [0.15, 0.2) is 11.5 Å². The van der Waals surface area contributed by atoms with Crippen molar-refractivity contribution in [2.24, 2.45) is 40.4 Å². The summed E-state index contributed by atoms with van der Waals surface area (Å²) in [6.45, 7) is 7.69. The van der Waals surface area contributed by atoms with E-state index in [0.29, 0.717) is 5.57 Å². The molecule has 0 aromatic carbocycles. The number of hydrogen-bond acceptors (Lipinski definition) is 16. The van der Waals surface area contributed by atoms with Crippen LogP contribution < -0.4 is 0 Å². The number of carbonyl (C=O) groups is 4. The average molecular weight is 711 g/mol. The first-order valence-electron chi connectivity index (χ1n) is 16.8. The summed E-state index contributed by atoms with van der Waals surface area (Å²) in [5.41, 5.74) is -4.45. The largest absolute Gasteiger partial charge is 0.467 e. The van der Waals surface area contributed by atoms with Gasteiger partial charge in [-0.1, -0.05) is 33.3 Å². The smallest absolute Gasteiger partial charge is 0.348 e. The lowest BCUT2D eigenvalue weighted by Gasteiger charge is -2.67. The minimum atomic E-state index is -2.34. The molecule has 0 unspecified atom stereocenters. The second-order valence-electron chi connectivity index (χ2n) is 15.1. The molecule has 0 amide bonds. The van der Waals surface area contributed by atoms with Crippen LogP contribution in [-0.4, -0.2) is 135 Å². The zero-order chi connectivity index (χ0) is 36.8. The number of methoxy groups -OCH3 is 1. The van der Waals surface area contributed by atoms with E-state index in [4.69, 9.17) is 28.4 Å². The van der Waals surface area contributed by atoms with E-state index < -0.39 is 126 Å². The van der Waals surface area contributed by atoms with Crippen LogP contribution in [0.2, 0.25) is 0 Å². The van der Waals surface area contributed by atoms with Crippen LogP contribution in [0.4, 0.5) is 0 Å². The maximum Gasteiger partial charge on any atom is 0.348 e. The van der Waals surface area contributed by atoms with Crippen molar-refractivity contribution in [3.63, 3.8) is 0 Å². The third-order valence-electron chi connectivity index (χ3n) is 12.4. The summed E-state index contributed by atoms with van der Waals surface area (Å²) in [5, 5.41) is 64.8. The zero-order valence-corrected chi connectivity index (χ0v) is 28.6. The molecule has 0 aromatic rings. The quantitative estimate of drug-likeness (QED) is 0.0976. The van der Waals surface area contributed by atoms with Crippen molar-refractivity contribution in [1.29, 1.82) is 0 Å². The van der Waals surface area contributed by atoms with E-state index in [1.54, 1.807) is 20.8 Å². The molecule has 2 saturated carbocycles. The molecule has 1 spiro atoms. The first-order valence-corrected chi connectivity index (χ1v) is 16.8. The monoisotopic (exact) mass is 710 g/mol. The molecule has 0 aromatic heterocycles. The predicted molar refractivity (Wildman–Crippen MR) is 164 cm³/mol. The molecule has 6 N–H and O–H groups in total. The normalized spacial score (nSPS) is 48.2. The Balaban J connectivity index is 1.47. The van der Waals surface area contributed by atoms with Crippen LogP contribution in [0.3, 0.4) is 0 Å². The molecule has 6 rings (SSSR count). The molecule has 16 nitrogen and oxygen atoms in total. The Hall–Kier alpha value is -2.96. The number of allylic oxidation sites excluding steroid dienone is 3. The third-order valence-corrected chi connectivity index (χ3v) is 12.4. The molecule has 3 saturated heterocycles. The van der Waals surface area contributed by atoms with E-state index in [1.807, 2.05) is 13.8 Å². The Kier molecular flexibility index (Phi) is 9.29. The summed E-state index contributed by atoms with van der Waals surface area (Å²) in [6.07, 6.45) is -12.2. The van der Waals surface area contributed by atoms with Gasteiger partial charge in [-0.3, -0.25) is 4.79 Å². The molecule has 50 heavy (non-hydrogen) atoms. The van der Waals surface area contributed by atoms with Gasteiger partial charge in [0.05, 0.1) is 32.3 Å². The molecule has 16 heteroatoms. The van der Waals surface area contributed by atoms with Gasteiger partial charge in [0.25, 0.3) is 0 Å². The highest BCUT2D eigenvalue weighted by Gasteiger charge is 2.85. The Morgan fingerprint density at radius 3 is 2.36 bits per heavy atom. The lowest BCUT2D eigenvalue weighted by molar-refractivity contribution is -0.296. The van der Waals surface area contributed by atoms with E-state index in [1.165, 1.54) is 12.2 Å². The van der Waals surface area contributed by atoms with Crippen molar-refractivity contribution in [2.75, 3.05) is 20.3 Å². The SMILES string of the molecule is COC(=O)[C@]12OC[C@@]34[C@@H]1[C@@H](OC(=O)/C=C(\C)C(C)C)C(=O)O[C@@H]3C[C@@H]1[C@H](C)C(=O)C(O[C@H]3O[C@@H](CO)[C@H](O)[C@@H](O)[C@@H]3O)=C[C@]1(C)[C@@H]4[C@H](O)[C@@H]2O. The fourth-order valence-electron chi connectivity index (χ4n) is 9.69. The highest BCUT2D eigenvalue weighted by atomic mass is 16.7. The van der Waals surface area contributed by atoms with Gasteiger partial charge >= 0.3 is 17.9 Å². The van der Waals surface area contributed by atoms with Crippen LogP contribution >= 0.6 is 0 Å². The topological polar surface area (TPSA) is 245 Å². The lowest BCUT2D eigenvalue weighted by atomic mass is 9.38. The standard InChI is InChI=1S/C34H46O16/c1-12(2)13(3)7-19(36)50-25-27-33-11-46-34(27,31(44)45-6)28(42)24(41)26(33)32(5)9-16(20(37)14(4)15(32)8-18(33)49-29(25)43)47-30-23(40)22(39)21(38)17(10-35)48-30/h7,9,12,14-15,17-18,21-28,30,35,38-42H,8,10-11H2,1-6H3/b13-7+/t14-,15+,17-,18+,21-,22+,23-,24-,25+,26-,27-,28-,30-,32-,33+,34-/m0/s1. The van der Waals surface area contributed by atoms with Crippen LogP contribution in [0.1, 0.15) is 41.0 Å². The Morgan fingerprint density at radius 1 is 1.06 bits per heavy atom. The van der Waals surface area contributed by atoms with Gasteiger partial charge in [-0.15, -0.1) is 0 Å². The molecule has 6 aliphatic rings. The van der Waals surface area contributed by atoms with Gasteiger partial charge in [-0.05, 0) is 36.7 Å². The molecule has 2 bridgehead atoms. The van der Waals surface area contributed by atoms with Crippen molar-refractivity contribution >= 4 is 23.7 Å². The predicted octanol–water partition coefficient (Wildman–Crippen LogP) is -1.73. The fraction of sp³-hybridized carbons (Fsp3) is 0.765. The van der Waals surface area contributed by atoms with Gasteiger partial charge in [-0.25, -0.2) is 14.4 Å². The van der Waals surface area contributed by atoms with Crippen LogP contribution in [-0.2, 0) is 47.6 Å². The number of aliphatic hydroxyl groups is 6. The van der Waals surface area contributed by atoms with E-state index in [9.17, 15) is 49.8 Å². The van der Waals surface area contributed by atoms with E-state index >= 15 is 0 Å². The van der Waals surface area contributed by atoms with Crippen molar-refractivity contribution in [2.45, 2.75) is 102 Å². The summed E-state index contributed by atoms with van der Waals surface area (Å²) in [6, 6.07) is 0. The van der Waals surface area contributed by atoms with Gasteiger partial charge in [0.2, 0.25) is 18.0 Å². The maximum absolute atomic E-state index is 13.8. The van der Waals surface area contributed by atoms with Crippen LogP contribution in [0.5, 0.6) is 0 Å². The fourth-order valence-corrected chi connectivity index (χ4v) is 9.69. The van der Waals surface area contributed by atoms with Gasteiger partial charge in [-0.2, -0.15) is 0 Å². The zero-order valence-electron chi connectivity index (χ0n) is 28.6. The number of aliphatic hydroxyl groups excluding tert-OH is 6. The highest BCUT2D eigenvalue weighted by molar-refractivity contribution is 5.97. The molecule has 3 aliphatic carbocycles. The summed E-state index contributed by atoms with van der Waals surface area (Å²) >= 11 is 0. The minimum absolute atomic E-state index is 0.0294. The first-order chi connectivity index (χ1) is 23.4. The number of ether oxygens (including phenoxy) is 6. The molecule has 5 fully saturated rings. The van der Waals surface area contributed by atoms with Crippen LogP contribution in [0.15, 0.2) is 23.5 Å². The number of ketones is 1. The lowest BCUT2D eigenvalue weighted by Crippen LogP contribution is -2.79. The molecular formula is C34H46O16. The average Bonchev–Trinajstić information content (AvgIpc) is 3.38. The number of carbonyl (C=O) groups excluding carboxylic acids is 4. The van der Waals surface area contributed by atoms with Gasteiger partial charge in [0, 0.05) is 23.3 Å². The molecule has 16 atom stereocenters.